The first-order valence-corrected chi connectivity index (χ1v) is 8.08. The van der Waals surface area contributed by atoms with Crippen molar-refractivity contribution in [2.45, 2.75) is 44.6 Å². The minimum atomic E-state index is 0.588. The van der Waals surface area contributed by atoms with Crippen molar-refractivity contribution in [3.05, 3.63) is 24.3 Å². The van der Waals surface area contributed by atoms with Crippen LogP contribution in [-0.2, 0) is 0 Å². The lowest BCUT2D eigenvalue weighted by molar-refractivity contribution is 0.320. The molecule has 2 N–H and O–H groups in total. The SMILES string of the molecule is NCC1CCCCCC1N1CCCOc2ccccc21. The Hall–Kier alpha value is -1.22. The number of anilines is 1. The monoisotopic (exact) mass is 274 g/mol. The van der Waals surface area contributed by atoms with Gasteiger partial charge in [0.05, 0.1) is 12.3 Å². The predicted molar refractivity (Wildman–Crippen MR) is 83.3 cm³/mol. The van der Waals surface area contributed by atoms with E-state index in [9.17, 15) is 0 Å². The Morgan fingerprint density at radius 1 is 1.10 bits per heavy atom. The van der Waals surface area contributed by atoms with Crippen LogP contribution in [0.15, 0.2) is 24.3 Å². The molecule has 1 saturated carbocycles. The van der Waals surface area contributed by atoms with Crippen molar-refractivity contribution in [3.63, 3.8) is 0 Å². The normalized spacial score (nSPS) is 27.1. The van der Waals surface area contributed by atoms with E-state index in [1.165, 1.54) is 37.8 Å². The summed E-state index contributed by atoms with van der Waals surface area (Å²) in [6.07, 6.45) is 7.68. The van der Waals surface area contributed by atoms with E-state index in [1.807, 2.05) is 0 Å². The second-order valence-electron chi connectivity index (χ2n) is 6.06. The molecule has 2 atom stereocenters. The van der Waals surface area contributed by atoms with E-state index in [2.05, 4.69) is 29.2 Å². The van der Waals surface area contributed by atoms with Gasteiger partial charge in [0.1, 0.15) is 5.75 Å². The Bertz CT molecular complexity index is 435. The molecule has 1 aromatic carbocycles. The van der Waals surface area contributed by atoms with Crippen molar-refractivity contribution in [2.24, 2.45) is 11.7 Å². The number of nitrogens with two attached hydrogens (primary N) is 1. The van der Waals surface area contributed by atoms with Gasteiger partial charge in [-0.1, -0.05) is 31.4 Å². The van der Waals surface area contributed by atoms with E-state index < -0.39 is 0 Å². The first-order valence-electron chi connectivity index (χ1n) is 8.08. The van der Waals surface area contributed by atoms with Gasteiger partial charge in [-0.15, -0.1) is 0 Å². The Morgan fingerprint density at radius 3 is 2.85 bits per heavy atom. The molecule has 0 aromatic heterocycles. The lowest BCUT2D eigenvalue weighted by atomic mass is 9.92. The van der Waals surface area contributed by atoms with E-state index in [0.717, 1.165) is 31.9 Å². The van der Waals surface area contributed by atoms with E-state index >= 15 is 0 Å². The summed E-state index contributed by atoms with van der Waals surface area (Å²) >= 11 is 0. The minimum Gasteiger partial charge on any atom is -0.491 e. The molecule has 1 aromatic rings. The summed E-state index contributed by atoms with van der Waals surface area (Å²) in [4.78, 5) is 2.59. The average molecular weight is 274 g/mol. The summed E-state index contributed by atoms with van der Waals surface area (Å²) in [7, 11) is 0. The second-order valence-corrected chi connectivity index (χ2v) is 6.06. The molecule has 0 saturated heterocycles. The largest absolute Gasteiger partial charge is 0.491 e. The highest BCUT2D eigenvalue weighted by Gasteiger charge is 2.30. The minimum absolute atomic E-state index is 0.588. The molecule has 3 heteroatoms. The third-order valence-electron chi connectivity index (χ3n) is 4.80. The van der Waals surface area contributed by atoms with Gasteiger partial charge in [0.25, 0.3) is 0 Å². The second kappa shape index (κ2) is 6.49. The van der Waals surface area contributed by atoms with Crippen molar-refractivity contribution in [1.82, 2.24) is 0 Å². The van der Waals surface area contributed by atoms with Gasteiger partial charge in [-0.25, -0.2) is 0 Å². The lowest BCUT2D eigenvalue weighted by Gasteiger charge is -2.37. The maximum absolute atomic E-state index is 6.07. The fourth-order valence-electron chi connectivity index (χ4n) is 3.75. The number of benzene rings is 1. The number of rotatable bonds is 2. The van der Waals surface area contributed by atoms with Crippen LogP contribution in [0.25, 0.3) is 0 Å². The highest BCUT2D eigenvalue weighted by atomic mass is 16.5. The molecule has 3 nitrogen and oxygen atoms in total. The number of para-hydroxylation sites is 2. The van der Waals surface area contributed by atoms with E-state index in [4.69, 9.17) is 10.5 Å². The molecule has 1 aliphatic heterocycles. The summed E-state index contributed by atoms with van der Waals surface area (Å²) in [5, 5.41) is 0. The van der Waals surface area contributed by atoms with Crippen molar-refractivity contribution >= 4 is 5.69 Å². The van der Waals surface area contributed by atoms with Crippen LogP contribution in [0.5, 0.6) is 5.75 Å². The Kier molecular flexibility index (Phi) is 4.46. The zero-order valence-corrected chi connectivity index (χ0v) is 12.3. The van der Waals surface area contributed by atoms with Gasteiger partial charge in [0.15, 0.2) is 0 Å². The molecule has 1 heterocycles. The predicted octanol–water partition coefficient (Wildman–Crippen LogP) is 3.18. The summed E-state index contributed by atoms with van der Waals surface area (Å²) < 4.78 is 5.90. The van der Waals surface area contributed by atoms with Gasteiger partial charge in [-0.3, -0.25) is 0 Å². The van der Waals surface area contributed by atoms with Crippen molar-refractivity contribution in [2.75, 3.05) is 24.6 Å². The molecule has 0 radical (unpaired) electrons. The fraction of sp³-hybridized carbons (Fsp3) is 0.647. The highest BCUT2D eigenvalue weighted by molar-refractivity contribution is 5.59. The van der Waals surface area contributed by atoms with Crippen LogP contribution < -0.4 is 15.4 Å². The van der Waals surface area contributed by atoms with E-state index in [1.54, 1.807) is 0 Å². The first kappa shape index (κ1) is 13.7. The average Bonchev–Trinajstić information content (AvgIpc) is 2.84. The number of nitrogens with zero attached hydrogens (tertiary/aromatic N) is 1. The number of fused-ring (bicyclic) bond motifs is 1. The van der Waals surface area contributed by atoms with Gasteiger partial charge in [0, 0.05) is 12.6 Å². The van der Waals surface area contributed by atoms with E-state index in [0.29, 0.717) is 12.0 Å². The van der Waals surface area contributed by atoms with Crippen LogP contribution in [0.1, 0.15) is 38.5 Å². The molecule has 2 unspecified atom stereocenters. The van der Waals surface area contributed by atoms with Crippen LogP contribution in [0, 0.1) is 5.92 Å². The van der Waals surface area contributed by atoms with Gasteiger partial charge in [-0.2, -0.15) is 0 Å². The van der Waals surface area contributed by atoms with Crippen LogP contribution in [0.2, 0.25) is 0 Å². The molecular weight excluding hydrogens is 248 g/mol. The molecule has 0 spiro atoms. The fourth-order valence-corrected chi connectivity index (χ4v) is 3.75. The van der Waals surface area contributed by atoms with Gasteiger partial charge in [0.2, 0.25) is 0 Å². The maximum atomic E-state index is 6.07. The zero-order valence-electron chi connectivity index (χ0n) is 12.3. The van der Waals surface area contributed by atoms with Crippen molar-refractivity contribution in [3.8, 4) is 5.75 Å². The maximum Gasteiger partial charge on any atom is 0.142 e. The van der Waals surface area contributed by atoms with Gasteiger partial charge in [-0.05, 0) is 43.9 Å². The molecule has 1 fully saturated rings. The molecule has 20 heavy (non-hydrogen) atoms. The topological polar surface area (TPSA) is 38.5 Å². The zero-order chi connectivity index (χ0) is 13.8. The third-order valence-corrected chi connectivity index (χ3v) is 4.80. The van der Waals surface area contributed by atoms with Crippen LogP contribution in [0.3, 0.4) is 0 Å². The molecule has 3 rings (SSSR count). The summed E-state index contributed by atoms with van der Waals surface area (Å²) in [6.45, 7) is 2.73. The Labute approximate surface area is 122 Å². The lowest BCUT2D eigenvalue weighted by Crippen LogP contribution is -2.43. The summed E-state index contributed by atoms with van der Waals surface area (Å²) in [5.74, 6) is 1.67. The molecule has 2 aliphatic rings. The summed E-state index contributed by atoms with van der Waals surface area (Å²) in [5.41, 5.74) is 7.34. The Balaban J connectivity index is 1.90. The van der Waals surface area contributed by atoms with Gasteiger partial charge >= 0.3 is 0 Å². The highest BCUT2D eigenvalue weighted by Crippen LogP contribution is 2.36. The molecule has 110 valence electrons. The van der Waals surface area contributed by atoms with Crippen LogP contribution in [-0.4, -0.2) is 25.7 Å². The molecular formula is C17H26N2O. The molecule has 0 amide bonds. The smallest absolute Gasteiger partial charge is 0.142 e. The van der Waals surface area contributed by atoms with E-state index in [-0.39, 0.29) is 0 Å². The quantitative estimate of drug-likeness (QED) is 0.842. The van der Waals surface area contributed by atoms with Crippen molar-refractivity contribution < 1.29 is 4.74 Å². The van der Waals surface area contributed by atoms with Crippen LogP contribution in [0.4, 0.5) is 5.69 Å². The molecule has 0 bridgehead atoms. The summed E-state index contributed by atoms with van der Waals surface area (Å²) in [6, 6.07) is 9.08. The molecule has 1 aliphatic carbocycles. The number of hydrogen-bond acceptors (Lipinski definition) is 3. The third kappa shape index (κ3) is 2.78. The first-order chi connectivity index (χ1) is 9.90. The standard InChI is InChI=1S/C17H26N2O/c18-13-14-7-2-1-3-8-15(14)19-11-6-12-20-17-10-5-4-9-16(17)19/h4-5,9-10,14-15H,1-3,6-8,11-13,18H2. The van der Waals surface area contributed by atoms with Gasteiger partial charge < -0.3 is 15.4 Å². The number of hydrogen-bond donors (Lipinski definition) is 1. The number of ether oxygens (including phenoxy) is 1. The van der Waals surface area contributed by atoms with Crippen LogP contribution >= 0.6 is 0 Å². The van der Waals surface area contributed by atoms with Crippen molar-refractivity contribution in [1.29, 1.82) is 0 Å². The Morgan fingerprint density at radius 2 is 1.95 bits per heavy atom.